The van der Waals surface area contributed by atoms with Crippen molar-refractivity contribution < 1.29 is 8.42 Å². The number of aromatic nitrogens is 2. The molecule has 1 heterocycles. The Morgan fingerprint density at radius 1 is 1.35 bits per heavy atom. The first-order valence-corrected chi connectivity index (χ1v) is 7.41. The van der Waals surface area contributed by atoms with Crippen LogP contribution in [0.5, 0.6) is 0 Å². The fourth-order valence-corrected chi connectivity index (χ4v) is 3.67. The van der Waals surface area contributed by atoms with Crippen molar-refractivity contribution in [2.24, 2.45) is 11.8 Å². The zero-order valence-corrected chi connectivity index (χ0v) is 10.6. The van der Waals surface area contributed by atoms with E-state index >= 15 is 0 Å². The topological polar surface area (TPSA) is 59.9 Å². The van der Waals surface area contributed by atoms with Gasteiger partial charge in [0.2, 0.25) is 15.0 Å². The third kappa shape index (κ3) is 2.72. The van der Waals surface area contributed by atoms with Crippen LogP contribution in [0, 0.1) is 11.8 Å². The maximum Gasteiger partial charge on any atom is 0.247 e. The summed E-state index contributed by atoms with van der Waals surface area (Å²) >= 11 is 0. The molecule has 92 valence electrons. The van der Waals surface area contributed by atoms with E-state index in [1.165, 1.54) is 12.4 Å². The van der Waals surface area contributed by atoms with Gasteiger partial charge >= 0.3 is 0 Å². The Morgan fingerprint density at radius 2 is 2.06 bits per heavy atom. The molecule has 1 aliphatic carbocycles. The van der Waals surface area contributed by atoms with E-state index in [9.17, 15) is 8.42 Å². The molecule has 1 fully saturated rings. The van der Waals surface area contributed by atoms with Crippen molar-refractivity contribution in [1.82, 2.24) is 9.97 Å². The second-order valence-electron chi connectivity index (χ2n) is 4.34. The fraction of sp³-hybridized carbons (Fsp3) is 0.500. The lowest BCUT2D eigenvalue weighted by Crippen LogP contribution is -2.31. The Labute approximate surface area is 102 Å². The highest BCUT2D eigenvalue weighted by Gasteiger charge is 2.34. The smallest absolute Gasteiger partial charge is 0.227 e. The minimum Gasteiger partial charge on any atom is -0.227 e. The van der Waals surface area contributed by atoms with Gasteiger partial charge in [0.05, 0.1) is 5.75 Å². The molecule has 1 aromatic heterocycles. The number of allylic oxidation sites excluding steroid dienone is 2. The zero-order chi connectivity index (χ0) is 12.3. The highest BCUT2D eigenvalue weighted by Crippen LogP contribution is 2.36. The molecule has 1 aromatic rings. The summed E-state index contributed by atoms with van der Waals surface area (Å²) in [5.74, 6) is 0.782. The monoisotopic (exact) mass is 252 g/mol. The maximum atomic E-state index is 12.0. The molecule has 4 nitrogen and oxygen atoms in total. The van der Waals surface area contributed by atoms with Crippen molar-refractivity contribution in [3.05, 3.63) is 30.6 Å². The quantitative estimate of drug-likeness (QED) is 0.606. The molecule has 0 radical (unpaired) electrons. The first kappa shape index (κ1) is 12.2. The predicted octanol–water partition coefficient (Wildman–Crippen LogP) is 1.85. The van der Waals surface area contributed by atoms with Crippen molar-refractivity contribution in [3.8, 4) is 0 Å². The Morgan fingerprint density at radius 3 is 2.59 bits per heavy atom. The average Bonchev–Trinajstić information content (AvgIpc) is 2.33. The Balaban J connectivity index is 2.09. The lowest BCUT2D eigenvalue weighted by atomic mass is 9.75. The van der Waals surface area contributed by atoms with E-state index in [0.717, 1.165) is 12.8 Å². The number of sulfone groups is 1. The van der Waals surface area contributed by atoms with Crippen LogP contribution < -0.4 is 0 Å². The molecule has 0 amide bonds. The molecule has 0 unspecified atom stereocenters. The van der Waals surface area contributed by atoms with Crippen LogP contribution in [0.25, 0.3) is 0 Å². The molecule has 0 aliphatic heterocycles. The average molecular weight is 252 g/mol. The molecule has 5 heteroatoms. The minimum absolute atomic E-state index is 0.0499. The first-order valence-electron chi connectivity index (χ1n) is 5.76. The van der Waals surface area contributed by atoms with Crippen molar-refractivity contribution in [3.63, 3.8) is 0 Å². The van der Waals surface area contributed by atoms with Crippen LogP contribution in [-0.2, 0) is 9.84 Å². The standard InChI is InChI=1S/C12H16N2O2S/c1-2-4-10-5-6-11(10)9-17(15,16)12-13-7-3-8-14-12/h2-4,7-8,10-11H,5-6,9H2,1H3/b4-2+/t10-,11-/m1/s1. The Bertz CT molecular complexity index is 496. The first-order chi connectivity index (χ1) is 8.13. The van der Waals surface area contributed by atoms with Gasteiger partial charge in [0.25, 0.3) is 0 Å². The van der Waals surface area contributed by atoms with Gasteiger partial charge in [-0.3, -0.25) is 0 Å². The molecular weight excluding hydrogens is 236 g/mol. The van der Waals surface area contributed by atoms with E-state index in [4.69, 9.17) is 0 Å². The molecule has 2 atom stereocenters. The van der Waals surface area contributed by atoms with Crippen LogP contribution in [0.2, 0.25) is 0 Å². The van der Waals surface area contributed by atoms with Crippen LogP contribution in [0.1, 0.15) is 19.8 Å². The largest absolute Gasteiger partial charge is 0.247 e. The zero-order valence-electron chi connectivity index (χ0n) is 9.78. The lowest BCUT2D eigenvalue weighted by Gasteiger charge is -2.34. The van der Waals surface area contributed by atoms with Crippen molar-refractivity contribution in [2.75, 3.05) is 5.75 Å². The van der Waals surface area contributed by atoms with E-state index in [2.05, 4.69) is 16.0 Å². The number of nitrogens with zero attached hydrogens (tertiary/aromatic N) is 2. The third-order valence-corrected chi connectivity index (χ3v) is 4.80. The van der Waals surface area contributed by atoms with Crippen LogP contribution in [0.4, 0.5) is 0 Å². The van der Waals surface area contributed by atoms with E-state index in [1.807, 2.05) is 13.0 Å². The second-order valence-corrected chi connectivity index (χ2v) is 6.27. The highest BCUT2D eigenvalue weighted by molar-refractivity contribution is 7.91. The van der Waals surface area contributed by atoms with Crippen LogP contribution in [-0.4, -0.2) is 24.1 Å². The molecule has 1 saturated carbocycles. The summed E-state index contributed by atoms with van der Waals surface area (Å²) in [5, 5.41) is -0.0499. The second kappa shape index (κ2) is 4.96. The molecule has 1 aliphatic rings. The van der Waals surface area contributed by atoms with E-state index in [0.29, 0.717) is 5.92 Å². The van der Waals surface area contributed by atoms with Gasteiger partial charge in [0, 0.05) is 12.4 Å². The molecule has 0 aromatic carbocycles. The molecular formula is C12H16N2O2S. The number of rotatable bonds is 4. The third-order valence-electron chi connectivity index (χ3n) is 3.17. The summed E-state index contributed by atoms with van der Waals surface area (Å²) in [5.41, 5.74) is 0. The summed E-state index contributed by atoms with van der Waals surface area (Å²) < 4.78 is 24.1. The summed E-state index contributed by atoms with van der Waals surface area (Å²) in [4.78, 5) is 7.63. The SMILES string of the molecule is C/C=C/[C@@H]1CC[C@@H]1CS(=O)(=O)c1ncccn1. The minimum atomic E-state index is -3.33. The molecule has 0 bridgehead atoms. The molecule has 0 spiro atoms. The summed E-state index contributed by atoms with van der Waals surface area (Å²) in [7, 11) is -3.33. The van der Waals surface area contributed by atoms with E-state index in [-0.39, 0.29) is 16.8 Å². The molecule has 2 rings (SSSR count). The lowest BCUT2D eigenvalue weighted by molar-refractivity contribution is 0.253. The summed E-state index contributed by atoms with van der Waals surface area (Å²) in [6, 6.07) is 1.62. The van der Waals surface area contributed by atoms with Gasteiger partial charge in [-0.1, -0.05) is 12.2 Å². The molecule has 0 N–H and O–H groups in total. The Hall–Kier alpha value is -1.23. The van der Waals surface area contributed by atoms with Gasteiger partial charge in [0.1, 0.15) is 0 Å². The van der Waals surface area contributed by atoms with Gasteiger partial charge in [-0.05, 0) is 37.7 Å². The van der Waals surface area contributed by atoms with Gasteiger partial charge in [-0.15, -0.1) is 0 Å². The molecule has 0 saturated heterocycles. The fourth-order valence-electron chi connectivity index (χ4n) is 2.10. The van der Waals surface area contributed by atoms with Crippen LogP contribution >= 0.6 is 0 Å². The Kier molecular flexibility index (Phi) is 3.57. The predicted molar refractivity (Wildman–Crippen MR) is 65.1 cm³/mol. The summed E-state index contributed by atoms with van der Waals surface area (Å²) in [6.07, 6.45) is 9.06. The van der Waals surface area contributed by atoms with Gasteiger partial charge in [-0.2, -0.15) is 0 Å². The highest BCUT2D eigenvalue weighted by atomic mass is 32.2. The van der Waals surface area contributed by atoms with E-state index < -0.39 is 9.84 Å². The maximum absolute atomic E-state index is 12.0. The van der Waals surface area contributed by atoms with Crippen molar-refractivity contribution in [1.29, 1.82) is 0 Å². The van der Waals surface area contributed by atoms with Crippen molar-refractivity contribution >= 4 is 9.84 Å². The number of hydrogen-bond acceptors (Lipinski definition) is 4. The van der Waals surface area contributed by atoms with Gasteiger partial charge in [0.15, 0.2) is 0 Å². The summed E-state index contributed by atoms with van der Waals surface area (Å²) in [6.45, 7) is 1.96. The number of hydrogen-bond donors (Lipinski definition) is 0. The van der Waals surface area contributed by atoms with Crippen LogP contribution in [0.15, 0.2) is 35.8 Å². The van der Waals surface area contributed by atoms with Crippen LogP contribution in [0.3, 0.4) is 0 Å². The van der Waals surface area contributed by atoms with E-state index in [1.54, 1.807) is 6.07 Å². The van der Waals surface area contributed by atoms with Crippen molar-refractivity contribution in [2.45, 2.75) is 24.9 Å². The normalized spacial score (nSPS) is 24.8. The van der Waals surface area contributed by atoms with Gasteiger partial charge in [-0.25, -0.2) is 18.4 Å². The van der Waals surface area contributed by atoms with Gasteiger partial charge < -0.3 is 0 Å². The molecule has 17 heavy (non-hydrogen) atoms.